The molecule has 6 heteroatoms. The topological polar surface area (TPSA) is 64.4 Å². The number of nitrogen functional groups attached to an aromatic ring is 1. The fourth-order valence-corrected chi connectivity index (χ4v) is 4.87. The van der Waals surface area contributed by atoms with Crippen LogP contribution in [0.3, 0.4) is 0 Å². The first-order chi connectivity index (χ1) is 13.5. The fraction of sp³-hybridized carbons (Fsp3) is 0.545. The van der Waals surface area contributed by atoms with Crippen LogP contribution in [0.4, 0.5) is 5.82 Å². The van der Waals surface area contributed by atoms with E-state index in [1.54, 1.807) is 4.52 Å². The molecule has 0 spiro atoms. The molecule has 0 bridgehead atoms. The van der Waals surface area contributed by atoms with Gasteiger partial charge in [0, 0.05) is 47.7 Å². The summed E-state index contributed by atoms with van der Waals surface area (Å²) in [6.45, 7) is 9.82. The zero-order valence-corrected chi connectivity index (χ0v) is 17.1. The van der Waals surface area contributed by atoms with Crippen LogP contribution in [-0.2, 0) is 6.54 Å². The molecule has 6 nitrogen and oxygen atoms in total. The lowest BCUT2D eigenvalue weighted by Gasteiger charge is -2.31. The number of piperidine rings is 1. The predicted octanol–water partition coefficient (Wildman–Crippen LogP) is 3.75. The van der Waals surface area contributed by atoms with Gasteiger partial charge >= 0.3 is 0 Å². The van der Waals surface area contributed by atoms with Gasteiger partial charge in [-0.15, -0.1) is 0 Å². The molecule has 4 heterocycles. The normalized spacial score (nSPS) is 19.0. The first-order valence-corrected chi connectivity index (χ1v) is 10.5. The van der Waals surface area contributed by atoms with Gasteiger partial charge in [0.2, 0.25) is 0 Å². The maximum atomic E-state index is 6.22. The average molecular weight is 379 g/mol. The highest BCUT2D eigenvalue weighted by Crippen LogP contribution is 2.39. The first-order valence-electron chi connectivity index (χ1n) is 10.5. The molecule has 28 heavy (non-hydrogen) atoms. The van der Waals surface area contributed by atoms with Gasteiger partial charge < -0.3 is 10.3 Å². The van der Waals surface area contributed by atoms with Crippen molar-refractivity contribution in [1.29, 1.82) is 0 Å². The number of aryl methyl sites for hydroxylation is 2. The van der Waals surface area contributed by atoms with E-state index in [4.69, 9.17) is 10.7 Å². The van der Waals surface area contributed by atoms with Gasteiger partial charge in [-0.2, -0.15) is 9.61 Å². The molecule has 2 fully saturated rings. The third kappa shape index (κ3) is 3.09. The zero-order chi connectivity index (χ0) is 19.4. The standard InChI is InChI=1S/C22H30N6/c1-14-10-22-24-20(12-21(23)28(22)25-14)17-6-8-26(9-7-17)13-18-11-15(2)27(16(18)3)19-4-5-19/h10-12,17,19H,4-9,13,23H2,1-3H3. The van der Waals surface area contributed by atoms with Gasteiger partial charge in [0.15, 0.2) is 5.65 Å². The highest BCUT2D eigenvalue weighted by Gasteiger charge is 2.28. The Bertz CT molecular complexity index is 1020. The van der Waals surface area contributed by atoms with Crippen LogP contribution in [0, 0.1) is 20.8 Å². The summed E-state index contributed by atoms with van der Waals surface area (Å²) < 4.78 is 4.29. The van der Waals surface area contributed by atoms with E-state index in [0.717, 1.165) is 55.6 Å². The number of aromatic nitrogens is 4. The minimum absolute atomic E-state index is 0.484. The van der Waals surface area contributed by atoms with Crippen LogP contribution in [-0.4, -0.2) is 37.2 Å². The number of anilines is 1. The second kappa shape index (κ2) is 6.62. The summed E-state index contributed by atoms with van der Waals surface area (Å²) in [4.78, 5) is 7.44. The van der Waals surface area contributed by atoms with Crippen LogP contribution in [0.15, 0.2) is 18.2 Å². The van der Waals surface area contributed by atoms with Crippen molar-refractivity contribution < 1.29 is 0 Å². The number of rotatable bonds is 4. The highest BCUT2D eigenvalue weighted by atomic mass is 15.3. The summed E-state index contributed by atoms with van der Waals surface area (Å²) in [7, 11) is 0. The van der Waals surface area contributed by atoms with Crippen molar-refractivity contribution in [1.82, 2.24) is 24.1 Å². The van der Waals surface area contributed by atoms with Crippen LogP contribution in [0.2, 0.25) is 0 Å². The van der Waals surface area contributed by atoms with Crippen molar-refractivity contribution in [3.05, 3.63) is 46.5 Å². The van der Waals surface area contributed by atoms with Crippen molar-refractivity contribution in [3.63, 3.8) is 0 Å². The lowest BCUT2D eigenvalue weighted by atomic mass is 9.93. The van der Waals surface area contributed by atoms with E-state index in [1.165, 1.54) is 29.8 Å². The molecule has 3 aromatic rings. The Kier molecular flexibility index (Phi) is 4.19. The molecule has 2 aliphatic rings. The Morgan fingerprint density at radius 2 is 1.79 bits per heavy atom. The van der Waals surface area contributed by atoms with Gasteiger partial charge in [-0.3, -0.25) is 4.90 Å². The van der Waals surface area contributed by atoms with Crippen molar-refractivity contribution in [2.24, 2.45) is 0 Å². The third-order valence-corrected chi connectivity index (χ3v) is 6.50. The molecular formula is C22H30N6. The van der Waals surface area contributed by atoms with Gasteiger partial charge in [-0.1, -0.05) is 0 Å². The molecule has 0 radical (unpaired) electrons. The van der Waals surface area contributed by atoms with Crippen LogP contribution >= 0.6 is 0 Å². The molecule has 1 aliphatic heterocycles. The Morgan fingerprint density at radius 3 is 2.50 bits per heavy atom. The SMILES string of the molecule is Cc1cc2nc(C3CCN(Cc4cc(C)n(C5CC5)c4C)CC3)cc(N)n2n1. The van der Waals surface area contributed by atoms with E-state index in [1.807, 2.05) is 19.1 Å². The smallest absolute Gasteiger partial charge is 0.157 e. The van der Waals surface area contributed by atoms with Crippen molar-refractivity contribution in [3.8, 4) is 0 Å². The quantitative estimate of drug-likeness (QED) is 0.751. The van der Waals surface area contributed by atoms with Gasteiger partial charge in [0.1, 0.15) is 5.82 Å². The van der Waals surface area contributed by atoms with E-state index in [2.05, 4.69) is 34.5 Å². The first kappa shape index (κ1) is 17.7. The van der Waals surface area contributed by atoms with Crippen molar-refractivity contribution in [2.45, 2.75) is 65.0 Å². The molecule has 1 saturated carbocycles. The average Bonchev–Trinajstić information content (AvgIpc) is 3.35. The van der Waals surface area contributed by atoms with Crippen molar-refractivity contribution >= 4 is 11.5 Å². The van der Waals surface area contributed by atoms with E-state index >= 15 is 0 Å². The van der Waals surface area contributed by atoms with Crippen LogP contribution in [0.25, 0.3) is 5.65 Å². The Labute approximate surface area is 166 Å². The Morgan fingerprint density at radius 1 is 1.04 bits per heavy atom. The van der Waals surface area contributed by atoms with Crippen LogP contribution in [0.1, 0.15) is 66.0 Å². The summed E-state index contributed by atoms with van der Waals surface area (Å²) in [6, 6.07) is 7.18. The number of likely N-dealkylation sites (tertiary alicyclic amines) is 1. The zero-order valence-electron chi connectivity index (χ0n) is 17.1. The summed E-state index contributed by atoms with van der Waals surface area (Å²) in [5.41, 5.74) is 13.6. The minimum Gasteiger partial charge on any atom is -0.384 e. The third-order valence-electron chi connectivity index (χ3n) is 6.50. The van der Waals surface area contributed by atoms with E-state index < -0.39 is 0 Å². The molecule has 0 atom stereocenters. The molecule has 0 unspecified atom stereocenters. The largest absolute Gasteiger partial charge is 0.384 e. The second-order valence-corrected chi connectivity index (χ2v) is 8.71. The molecular weight excluding hydrogens is 348 g/mol. The van der Waals surface area contributed by atoms with Gasteiger partial charge in [0.05, 0.1) is 5.69 Å². The fourth-order valence-electron chi connectivity index (χ4n) is 4.87. The maximum absolute atomic E-state index is 6.22. The Balaban J connectivity index is 1.27. The number of nitrogens with two attached hydrogens (primary N) is 1. The maximum Gasteiger partial charge on any atom is 0.157 e. The molecule has 2 N–H and O–H groups in total. The molecule has 3 aromatic heterocycles. The monoisotopic (exact) mass is 378 g/mol. The minimum atomic E-state index is 0.484. The van der Waals surface area contributed by atoms with E-state index in [-0.39, 0.29) is 0 Å². The molecule has 0 amide bonds. The summed E-state index contributed by atoms with van der Waals surface area (Å²) in [5, 5.41) is 4.41. The lowest BCUT2D eigenvalue weighted by Crippen LogP contribution is -2.33. The van der Waals surface area contributed by atoms with Gasteiger partial charge in [-0.25, -0.2) is 4.98 Å². The second-order valence-electron chi connectivity index (χ2n) is 8.71. The summed E-state index contributed by atoms with van der Waals surface area (Å²) in [6.07, 6.45) is 4.96. The molecule has 1 aliphatic carbocycles. The summed E-state index contributed by atoms with van der Waals surface area (Å²) in [5.74, 6) is 1.17. The van der Waals surface area contributed by atoms with Crippen molar-refractivity contribution in [2.75, 3.05) is 18.8 Å². The lowest BCUT2D eigenvalue weighted by molar-refractivity contribution is 0.203. The van der Waals surface area contributed by atoms with E-state index in [9.17, 15) is 0 Å². The number of fused-ring (bicyclic) bond motifs is 1. The predicted molar refractivity (Wildman–Crippen MR) is 112 cm³/mol. The molecule has 5 rings (SSSR count). The highest BCUT2D eigenvalue weighted by molar-refractivity contribution is 5.48. The Hall–Kier alpha value is -2.34. The van der Waals surface area contributed by atoms with Gasteiger partial charge in [0.25, 0.3) is 0 Å². The number of nitrogens with zero attached hydrogens (tertiary/aromatic N) is 5. The molecule has 1 saturated heterocycles. The van der Waals surface area contributed by atoms with Crippen LogP contribution in [0.5, 0.6) is 0 Å². The van der Waals surface area contributed by atoms with Crippen LogP contribution < -0.4 is 5.73 Å². The summed E-state index contributed by atoms with van der Waals surface area (Å²) >= 11 is 0. The molecule has 148 valence electrons. The van der Waals surface area contributed by atoms with Gasteiger partial charge in [-0.05, 0) is 71.2 Å². The number of hydrogen-bond donors (Lipinski definition) is 1. The number of hydrogen-bond acceptors (Lipinski definition) is 4. The molecule has 0 aromatic carbocycles. The van der Waals surface area contributed by atoms with E-state index in [0.29, 0.717) is 11.7 Å².